The first-order valence-electron chi connectivity index (χ1n) is 12.9. The van der Waals surface area contributed by atoms with Crippen LogP contribution in [0.3, 0.4) is 0 Å². The van der Waals surface area contributed by atoms with Crippen LogP contribution in [-0.2, 0) is 19.0 Å². The molecule has 5 rings (SSSR count). The second kappa shape index (κ2) is 8.77. The second-order valence-electron chi connectivity index (χ2n) is 11.1. The van der Waals surface area contributed by atoms with Gasteiger partial charge in [0, 0.05) is 30.0 Å². The van der Waals surface area contributed by atoms with Gasteiger partial charge in [-0.3, -0.25) is 4.90 Å². The number of nitrogens with zero attached hydrogens (tertiary/aromatic N) is 1. The van der Waals surface area contributed by atoms with Gasteiger partial charge in [-0.15, -0.1) is 0 Å². The fourth-order valence-corrected chi connectivity index (χ4v) is 7.14. The predicted molar refractivity (Wildman–Crippen MR) is 125 cm³/mol. The molecule has 7 atom stereocenters. The number of carbonyl (C=O) groups excluding carboxylic acids is 1. The van der Waals surface area contributed by atoms with E-state index in [1.54, 1.807) is 14.0 Å². The molecule has 0 aromatic rings. The number of piperidine rings is 2. The van der Waals surface area contributed by atoms with Gasteiger partial charge >= 0.3 is 5.97 Å². The number of esters is 1. The van der Waals surface area contributed by atoms with Crippen molar-refractivity contribution < 1.29 is 24.1 Å². The van der Waals surface area contributed by atoms with E-state index in [9.17, 15) is 9.90 Å². The first-order chi connectivity index (χ1) is 15.8. The fourth-order valence-electron chi connectivity index (χ4n) is 7.14. The molecule has 0 spiro atoms. The van der Waals surface area contributed by atoms with Gasteiger partial charge in [-0.05, 0) is 69.8 Å². The van der Waals surface area contributed by atoms with Crippen molar-refractivity contribution in [3.8, 4) is 0 Å². The molecule has 0 amide bonds. The van der Waals surface area contributed by atoms with E-state index in [0.29, 0.717) is 46.8 Å². The van der Waals surface area contributed by atoms with E-state index in [1.165, 1.54) is 12.8 Å². The van der Waals surface area contributed by atoms with Crippen LogP contribution < -0.4 is 0 Å². The molecule has 2 bridgehead atoms. The molecule has 33 heavy (non-hydrogen) atoms. The third-order valence-corrected chi connectivity index (χ3v) is 8.76. The van der Waals surface area contributed by atoms with Crippen LogP contribution in [0.5, 0.6) is 0 Å². The third-order valence-electron chi connectivity index (χ3n) is 8.76. The lowest BCUT2D eigenvalue weighted by Crippen LogP contribution is -2.63. The second-order valence-corrected chi connectivity index (χ2v) is 11.1. The van der Waals surface area contributed by atoms with Gasteiger partial charge in [0.25, 0.3) is 0 Å². The van der Waals surface area contributed by atoms with E-state index in [-0.39, 0.29) is 30.0 Å². The number of methoxy groups -OCH3 is 1. The Labute approximate surface area is 197 Å². The zero-order chi connectivity index (χ0) is 23.4. The molecular formula is C27H39NO5. The van der Waals surface area contributed by atoms with Crippen LogP contribution in [0.25, 0.3) is 0 Å². The summed E-state index contributed by atoms with van der Waals surface area (Å²) in [6.07, 6.45) is 9.58. The summed E-state index contributed by atoms with van der Waals surface area (Å²) in [6.45, 7) is 8.38. The van der Waals surface area contributed by atoms with Gasteiger partial charge in [-0.25, -0.2) is 4.79 Å². The average molecular weight is 458 g/mol. The normalized spacial score (nSPS) is 39.1. The van der Waals surface area contributed by atoms with Crippen LogP contribution >= 0.6 is 0 Å². The highest BCUT2D eigenvalue weighted by atomic mass is 16.6. The lowest BCUT2D eigenvalue weighted by atomic mass is 9.70. The summed E-state index contributed by atoms with van der Waals surface area (Å²) < 4.78 is 17.6. The van der Waals surface area contributed by atoms with E-state index in [4.69, 9.17) is 14.2 Å². The average Bonchev–Trinajstić information content (AvgIpc) is 3.18. The SMILES string of the molecule is COC1=C(C)C(=O)OC1=C1OC2=CCC3CCC4CCC(C2C1C)N3C4C(O)CCC(C)C. The van der Waals surface area contributed by atoms with E-state index in [1.807, 2.05) is 0 Å². The quantitative estimate of drug-likeness (QED) is 0.606. The van der Waals surface area contributed by atoms with Gasteiger partial charge in [0.2, 0.25) is 5.76 Å². The van der Waals surface area contributed by atoms with E-state index in [2.05, 4.69) is 31.7 Å². The van der Waals surface area contributed by atoms with Crippen molar-refractivity contribution in [3.63, 3.8) is 0 Å². The molecule has 3 saturated heterocycles. The summed E-state index contributed by atoms with van der Waals surface area (Å²) in [5, 5.41) is 11.4. The minimum atomic E-state index is -0.365. The van der Waals surface area contributed by atoms with Gasteiger partial charge in [-0.2, -0.15) is 0 Å². The van der Waals surface area contributed by atoms with E-state index < -0.39 is 0 Å². The lowest BCUT2D eigenvalue weighted by Gasteiger charge is -2.56. The topological polar surface area (TPSA) is 68.2 Å². The molecule has 182 valence electrons. The molecule has 6 nitrogen and oxygen atoms in total. The predicted octanol–water partition coefficient (Wildman–Crippen LogP) is 4.65. The van der Waals surface area contributed by atoms with Crippen LogP contribution in [-0.4, -0.2) is 47.3 Å². The highest BCUT2D eigenvalue weighted by Crippen LogP contribution is 2.53. The summed E-state index contributed by atoms with van der Waals surface area (Å²) in [6, 6.07) is 1.04. The van der Waals surface area contributed by atoms with Crippen molar-refractivity contribution in [1.29, 1.82) is 0 Å². The highest BCUT2D eigenvalue weighted by molar-refractivity contribution is 5.93. The summed E-state index contributed by atoms with van der Waals surface area (Å²) >= 11 is 0. The molecule has 0 aliphatic carbocycles. The number of hydrogen-bond acceptors (Lipinski definition) is 6. The zero-order valence-electron chi connectivity index (χ0n) is 20.7. The molecule has 6 heteroatoms. The molecule has 1 N–H and O–H groups in total. The Hall–Kier alpha value is -1.79. The number of fused-ring (bicyclic) bond motifs is 3. The van der Waals surface area contributed by atoms with Crippen molar-refractivity contribution >= 4 is 5.97 Å². The van der Waals surface area contributed by atoms with Gasteiger partial charge < -0.3 is 19.3 Å². The molecule has 0 aromatic heterocycles. The standard InChI is InChI=1S/C27H39NO5/c1-14(2)6-12-20(29)23-17-7-9-18-10-13-21-22(19(11-8-17)28(18)23)15(3)25(32-21)26-24(31-5)16(4)27(30)33-26/h13-15,17-20,22-23,29H,6-12H2,1-5H3. The maximum atomic E-state index is 12.2. The van der Waals surface area contributed by atoms with Gasteiger partial charge in [-0.1, -0.05) is 20.8 Å². The monoisotopic (exact) mass is 457 g/mol. The number of ether oxygens (including phenoxy) is 3. The van der Waals surface area contributed by atoms with Gasteiger partial charge in [0.05, 0.1) is 18.8 Å². The molecule has 0 saturated carbocycles. The Morgan fingerprint density at radius 3 is 2.67 bits per heavy atom. The first-order valence-corrected chi connectivity index (χ1v) is 12.9. The van der Waals surface area contributed by atoms with Crippen LogP contribution in [0.2, 0.25) is 0 Å². The van der Waals surface area contributed by atoms with Crippen molar-refractivity contribution in [2.45, 2.75) is 96.9 Å². The minimum Gasteiger partial charge on any atom is -0.492 e. The largest absolute Gasteiger partial charge is 0.492 e. The van der Waals surface area contributed by atoms with Crippen molar-refractivity contribution in [1.82, 2.24) is 4.90 Å². The third kappa shape index (κ3) is 3.74. The fraction of sp³-hybridized carbons (Fsp3) is 0.741. The Morgan fingerprint density at radius 2 is 1.94 bits per heavy atom. The number of aliphatic hydroxyl groups excluding tert-OH is 1. The van der Waals surface area contributed by atoms with Crippen LogP contribution in [0.15, 0.2) is 34.7 Å². The molecule has 3 fully saturated rings. The summed E-state index contributed by atoms with van der Waals surface area (Å²) in [5.41, 5.74) is 0.488. The maximum Gasteiger partial charge on any atom is 0.343 e. The number of carbonyl (C=O) groups is 1. The molecule has 0 aromatic carbocycles. The Balaban J connectivity index is 1.48. The van der Waals surface area contributed by atoms with E-state index in [0.717, 1.165) is 37.9 Å². The lowest BCUT2D eigenvalue weighted by molar-refractivity contribution is -0.133. The van der Waals surface area contributed by atoms with Gasteiger partial charge in [0.15, 0.2) is 11.5 Å². The van der Waals surface area contributed by atoms with Crippen molar-refractivity contribution in [2.24, 2.45) is 23.7 Å². The highest BCUT2D eigenvalue weighted by Gasteiger charge is 2.54. The van der Waals surface area contributed by atoms with Crippen LogP contribution in [0.1, 0.15) is 72.6 Å². The minimum absolute atomic E-state index is 0.0748. The number of cyclic esters (lactones) is 1. The summed E-state index contributed by atoms with van der Waals surface area (Å²) in [4.78, 5) is 14.9. The van der Waals surface area contributed by atoms with Gasteiger partial charge in [0.1, 0.15) is 5.76 Å². The number of allylic oxidation sites excluding steroid dienone is 1. The zero-order valence-corrected chi connectivity index (χ0v) is 20.7. The van der Waals surface area contributed by atoms with Crippen molar-refractivity contribution in [3.05, 3.63) is 34.7 Å². The molecule has 7 unspecified atom stereocenters. The van der Waals surface area contributed by atoms with Crippen LogP contribution in [0.4, 0.5) is 0 Å². The smallest absolute Gasteiger partial charge is 0.343 e. The van der Waals surface area contributed by atoms with Crippen LogP contribution in [0, 0.1) is 23.7 Å². The Morgan fingerprint density at radius 1 is 1.18 bits per heavy atom. The summed E-state index contributed by atoms with van der Waals surface area (Å²) in [5.74, 6) is 3.75. The molecule has 5 aliphatic rings. The Kier molecular flexibility index (Phi) is 6.11. The molecule has 0 radical (unpaired) electrons. The van der Waals surface area contributed by atoms with E-state index >= 15 is 0 Å². The number of rotatable bonds is 5. The first kappa shape index (κ1) is 23.0. The molecular weight excluding hydrogens is 418 g/mol. The number of aliphatic hydroxyl groups is 1. The molecule has 5 heterocycles. The van der Waals surface area contributed by atoms with Crippen molar-refractivity contribution in [2.75, 3.05) is 7.11 Å². The number of hydrogen-bond donors (Lipinski definition) is 1. The Bertz CT molecular complexity index is 902. The molecule has 5 aliphatic heterocycles. The summed E-state index contributed by atoms with van der Waals surface area (Å²) in [7, 11) is 1.57. The maximum absolute atomic E-state index is 12.2.